The Kier molecular flexibility index (Phi) is 5.52. The average Bonchev–Trinajstić information content (AvgIpc) is 3.19. The molecule has 0 saturated heterocycles. The Morgan fingerprint density at radius 1 is 1.37 bits per heavy atom. The maximum Gasteiger partial charge on any atom is 0.240 e. The van der Waals surface area contributed by atoms with Crippen LogP contribution in [0.3, 0.4) is 0 Å². The molecule has 0 aliphatic rings. The molecule has 0 bridgehead atoms. The van der Waals surface area contributed by atoms with Crippen LogP contribution in [0, 0.1) is 17.1 Å². The highest BCUT2D eigenvalue weighted by atomic mass is 79.9. The lowest BCUT2D eigenvalue weighted by Crippen LogP contribution is -2.37. The summed E-state index contributed by atoms with van der Waals surface area (Å²) in [6.45, 7) is 0. The third kappa shape index (κ3) is 4.33. The second-order valence-electron chi connectivity index (χ2n) is 5.86. The fourth-order valence-corrected chi connectivity index (χ4v) is 3.04. The van der Waals surface area contributed by atoms with Crippen LogP contribution in [-0.2, 0) is 11.2 Å². The lowest BCUT2D eigenvalue weighted by molar-refractivity contribution is -0.118. The predicted octanol–water partition coefficient (Wildman–Crippen LogP) is 3.15. The normalized spacial score (nSPS) is 11.6. The number of hydrogen-bond acceptors (Lipinski definition) is 4. The van der Waals surface area contributed by atoms with Crippen LogP contribution in [0.25, 0.3) is 5.69 Å². The van der Waals surface area contributed by atoms with Gasteiger partial charge in [0.2, 0.25) is 5.91 Å². The Hall–Kier alpha value is -3.18. The van der Waals surface area contributed by atoms with Crippen LogP contribution in [0.2, 0.25) is 0 Å². The highest BCUT2D eigenvalue weighted by Gasteiger charge is 2.19. The molecule has 6 nitrogen and oxygen atoms in total. The van der Waals surface area contributed by atoms with E-state index in [-0.39, 0.29) is 17.7 Å². The topological polar surface area (TPSA) is 96.7 Å². The number of amides is 1. The first kappa shape index (κ1) is 18.6. The Balaban J connectivity index is 1.78. The summed E-state index contributed by atoms with van der Waals surface area (Å²) in [6, 6.07) is 11.1. The summed E-state index contributed by atoms with van der Waals surface area (Å²) in [5, 5.41) is 11.8. The molecule has 3 N–H and O–H groups in total. The number of primary amides is 1. The van der Waals surface area contributed by atoms with Crippen LogP contribution in [0.1, 0.15) is 11.1 Å². The molecule has 0 fully saturated rings. The van der Waals surface area contributed by atoms with Gasteiger partial charge in [0.25, 0.3) is 0 Å². The number of anilines is 1. The number of nitrogens with two attached hydrogens (primary N) is 1. The van der Waals surface area contributed by atoms with Crippen LogP contribution in [0.4, 0.5) is 10.1 Å². The van der Waals surface area contributed by atoms with Crippen LogP contribution in [0.5, 0.6) is 0 Å². The number of nitrogens with one attached hydrogen (secondary N) is 1. The van der Waals surface area contributed by atoms with Gasteiger partial charge in [-0.1, -0.05) is 12.1 Å². The average molecular weight is 428 g/mol. The maximum absolute atomic E-state index is 14.2. The minimum Gasteiger partial charge on any atom is -0.371 e. The standard InChI is InChI=1S/C19H15BrFN5O/c20-15-9-17(16(21)8-13(15)10-22)25-18(19(23)27)7-12-1-3-14(4-2-12)26-6-5-24-11-26/h1-6,8-9,11,18,25H,7H2,(H2,23,27)/t18-/m1/s1. The fraction of sp³-hybridized carbons (Fsp3) is 0.105. The number of nitriles is 1. The summed E-state index contributed by atoms with van der Waals surface area (Å²) in [6.07, 6.45) is 5.49. The highest BCUT2D eigenvalue weighted by molar-refractivity contribution is 9.10. The number of carbonyl (C=O) groups excluding carboxylic acids is 1. The number of aromatic nitrogens is 2. The van der Waals surface area contributed by atoms with E-state index in [1.54, 1.807) is 12.5 Å². The van der Waals surface area contributed by atoms with E-state index in [0.717, 1.165) is 17.3 Å². The van der Waals surface area contributed by atoms with Gasteiger partial charge in [-0.15, -0.1) is 0 Å². The molecule has 136 valence electrons. The van der Waals surface area contributed by atoms with Crippen molar-refractivity contribution in [1.82, 2.24) is 9.55 Å². The number of imidazole rings is 1. The first-order valence-corrected chi connectivity index (χ1v) is 8.79. The van der Waals surface area contributed by atoms with Crippen molar-refractivity contribution in [2.75, 3.05) is 5.32 Å². The van der Waals surface area contributed by atoms with E-state index in [2.05, 4.69) is 26.2 Å². The number of benzene rings is 2. The Labute approximate surface area is 163 Å². The van der Waals surface area contributed by atoms with Gasteiger partial charge in [0.15, 0.2) is 0 Å². The zero-order chi connectivity index (χ0) is 19.4. The van der Waals surface area contributed by atoms with Gasteiger partial charge in [0, 0.05) is 29.0 Å². The van der Waals surface area contributed by atoms with Crippen molar-refractivity contribution in [2.24, 2.45) is 5.73 Å². The first-order valence-electron chi connectivity index (χ1n) is 8.00. The highest BCUT2D eigenvalue weighted by Crippen LogP contribution is 2.25. The van der Waals surface area contributed by atoms with Crippen molar-refractivity contribution in [3.8, 4) is 11.8 Å². The molecule has 27 heavy (non-hydrogen) atoms. The van der Waals surface area contributed by atoms with Gasteiger partial charge in [0.1, 0.15) is 17.9 Å². The molecule has 1 amide bonds. The number of carbonyl (C=O) groups is 1. The molecule has 0 saturated carbocycles. The zero-order valence-corrected chi connectivity index (χ0v) is 15.6. The Morgan fingerprint density at radius 3 is 2.70 bits per heavy atom. The molecule has 0 aliphatic heterocycles. The van der Waals surface area contributed by atoms with Gasteiger partial charge < -0.3 is 15.6 Å². The van der Waals surface area contributed by atoms with E-state index in [9.17, 15) is 9.18 Å². The SMILES string of the molecule is N#Cc1cc(F)c(N[C@H](Cc2ccc(-n3ccnc3)cc2)C(N)=O)cc1Br. The number of hydrogen-bond donors (Lipinski definition) is 2. The second-order valence-corrected chi connectivity index (χ2v) is 6.72. The van der Waals surface area contributed by atoms with Crippen LogP contribution >= 0.6 is 15.9 Å². The van der Waals surface area contributed by atoms with E-state index in [1.807, 2.05) is 41.1 Å². The van der Waals surface area contributed by atoms with E-state index < -0.39 is 17.8 Å². The molecule has 0 spiro atoms. The van der Waals surface area contributed by atoms with Crippen molar-refractivity contribution >= 4 is 27.5 Å². The molecule has 0 unspecified atom stereocenters. The summed E-state index contributed by atoms with van der Waals surface area (Å²) in [4.78, 5) is 15.8. The van der Waals surface area contributed by atoms with E-state index >= 15 is 0 Å². The second kappa shape index (κ2) is 8.01. The van der Waals surface area contributed by atoms with Gasteiger partial charge >= 0.3 is 0 Å². The summed E-state index contributed by atoms with van der Waals surface area (Å²) in [5.41, 5.74) is 7.55. The largest absolute Gasteiger partial charge is 0.371 e. The third-order valence-electron chi connectivity index (χ3n) is 4.03. The number of nitrogens with zero attached hydrogens (tertiary/aromatic N) is 3. The molecule has 1 atom stereocenters. The van der Waals surface area contributed by atoms with Crippen molar-refractivity contribution < 1.29 is 9.18 Å². The van der Waals surface area contributed by atoms with Crippen molar-refractivity contribution in [1.29, 1.82) is 5.26 Å². The minimum absolute atomic E-state index is 0.0970. The number of halogens is 2. The van der Waals surface area contributed by atoms with Gasteiger partial charge in [-0.3, -0.25) is 4.79 Å². The zero-order valence-electron chi connectivity index (χ0n) is 14.1. The summed E-state index contributed by atoms with van der Waals surface area (Å²) >= 11 is 3.21. The molecule has 1 aromatic heterocycles. The van der Waals surface area contributed by atoms with Gasteiger partial charge in [0.05, 0.1) is 17.6 Å². The Bertz CT molecular complexity index is 996. The van der Waals surface area contributed by atoms with Gasteiger partial charge in [-0.25, -0.2) is 9.37 Å². The molecule has 3 rings (SSSR count). The monoisotopic (exact) mass is 427 g/mol. The van der Waals surface area contributed by atoms with Gasteiger partial charge in [-0.2, -0.15) is 5.26 Å². The predicted molar refractivity (Wildman–Crippen MR) is 103 cm³/mol. The van der Waals surface area contributed by atoms with Gasteiger partial charge in [-0.05, 0) is 45.8 Å². The smallest absolute Gasteiger partial charge is 0.240 e. The van der Waals surface area contributed by atoms with Crippen molar-refractivity contribution in [3.63, 3.8) is 0 Å². The lowest BCUT2D eigenvalue weighted by Gasteiger charge is -2.18. The summed E-state index contributed by atoms with van der Waals surface area (Å²) in [5.74, 6) is -1.23. The fourth-order valence-electron chi connectivity index (χ4n) is 2.61. The van der Waals surface area contributed by atoms with Crippen molar-refractivity contribution in [2.45, 2.75) is 12.5 Å². The summed E-state index contributed by atoms with van der Waals surface area (Å²) in [7, 11) is 0. The van der Waals surface area contributed by atoms with E-state index in [4.69, 9.17) is 11.0 Å². The molecular formula is C19H15BrFN5O. The first-order chi connectivity index (χ1) is 13.0. The van der Waals surface area contributed by atoms with Crippen molar-refractivity contribution in [3.05, 3.63) is 76.5 Å². The molecule has 1 heterocycles. The third-order valence-corrected chi connectivity index (χ3v) is 4.69. The molecule has 0 aliphatic carbocycles. The maximum atomic E-state index is 14.2. The molecule has 0 radical (unpaired) electrons. The molecular weight excluding hydrogens is 413 g/mol. The lowest BCUT2D eigenvalue weighted by atomic mass is 10.0. The van der Waals surface area contributed by atoms with Crippen LogP contribution in [-0.4, -0.2) is 21.5 Å². The molecule has 8 heteroatoms. The van der Waals surface area contributed by atoms with Crippen LogP contribution in [0.15, 0.2) is 59.6 Å². The van der Waals surface area contributed by atoms with E-state index in [0.29, 0.717) is 4.47 Å². The minimum atomic E-state index is -0.807. The Morgan fingerprint density at radius 2 is 2.11 bits per heavy atom. The molecule has 3 aromatic rings. The van der Waals surface area contributed by atoms with Crippen LogP contribution < -0.4 is 11.1 Å². The quantitative estimate of drug-likeness (QED) is 0.631. The summed E-state index contributed by atoms with van der Waals surface area (Å²) < 4.78 is 16.5. The van der Waals surface area contributed by atoms with E-state index in [1.165, 1.54) is 6.07 Å². The number of rotatable bonds is 6. The molecule has 2 aromatic carbocycles.